The van der Waals surface area contributed by atoms with Gasteiger partial charge < -0.3 is 4.98 Å². The van der Waals surface area contributed by atoms with Gasteiger partial charge in [0.25, 0.3) is 0 Å². The van der Waals surface area contributed by atoms with Crippen LogP contribution < -0.4 is 0 Å². The summed E-state index contributed by atoms with van der Waals surface area (Å²) < 4.78 is 13.0. The quantitative estimate of drug-likeness (QED) is 0.628. The highest BCUT2D eigenvalue weighted by molar-refractivity contribution is 6.30. The molecule has 0 aliphatic rings. The largest absolute Gasteiger partial charge is 0.341 e. The number of ketones is 1. The van der Waals surface area contributed by atoms with Crippen LogP contribution in [-0.4, -0.2) is 15.8 Å². The first kappa shape index (κ1) is 17.7. The van der Waals surface area contributed by atoms with E-state index in [9.17, 15) is 9.18 Å². The summed E-state index contributed by atoms with van der Waals surface area (Å²) in [5.41, 5.74) is 1.73. The Morgan fingerprint density at radius 2 is 1.87 bits per heavy atom. The number of benzene rings is 1. The number of nitrogens with zero attached hydrogens (tertiary/aromatic N) is 1. The molecule has 23 heavy (non-hydrogen) atoms. The molecule has 0 saturated heterocycles. The maximum atomic E-state index is 13.0. The van der Waals surface area contributed by atoms with E-state index in [4.69, 9.17) is 11.6 Å². The van der Waals surface area contributed by atoms with Gasteiger partial charge in [-0.25, -0.2) is 9.37 Å². The van der Waals surface area contributed by atoms with Gasteiger partial charge in [0.2, 0.25) is 0 Å². The Morgan fingerprint density at radius 3 is 2.57 bits per heavy atom. The van der Waals surface area contributed by atoms with Crippen molar-refractivity contribution in [2.24, 2.45) is 0 Å². The minimum atomic E-state index is -0.270. The summed E-state index contributed by atoms with van der Waals surface area (Å²) in [6, 6.07) is 6.17. The number of hydrogen-bond donors (Lipinski definition) is 1. The van der Waals surface area contributed by atoms with Crippen molar-refractivity contribution in [2.75, 3.05) is 0 Å². The second-order valence-electron chi connectivity index (χ2n) is 5.67. The summed E-state index contributed by atoms with van der Waals surface area (Å²) in [6.45, 7) is 1.90. The fourth-order valence-corrected chi connectivity index (χ4v) is 2.68. The van der Waals surface area contributed by atoms with E-state index in [1.165, 1.54) is 12.1 Å². The number of unbranched alkanes of at least 4 members (excludes halogenated alkanes) is 3. The highest BCUT2D eigenvalue weighted by Gasteiger charge is 2.09. The summed E-state index contributed by atoms with van der Waals surface area (Å²) in [4.78, 5) is 18.7. The molecule has 0 amide bonds. The van der Waals surface area contributed by atoms with Crippen LogP contribution in [0.2, 0.25) is 5.15 Å². The van der Waals surface area contributed by atoms with Gasteiger partial charge in [0.05, 0.1) is 5.69 Å². The van der Waals surface area contributed by atoms with Crippen LogP contribution in [0.5, 0.6) is 0 Å². The van der Waals surface area contributed by atoms with Crippen molar-refractivity contribution in [1.29, 1.82) is 0 Å². The summed E-state index contributed by atoms with van der Waals surface area (Å²) in [7, 11) is 0. The predicted octanol–water partition coefficient (Wildman–Crippen LogP) is 5.34. The third kappa shape index (κ3) is 5.47. The monoisotopic (exact) mass is 336 g/mol. The van der Waals surface area contributed by atoms with Gasteiger partial charge in [-0.05, 0) is 43.5 Å². The molecule has 1 heterocycles. The summed E-state index contributed by atoms with van der Waals surface area (Å²) in [5.74, 6) is 0.734. The third-order valence-electron chi connectivity index (χ3n) is 3.87. The molecule has 2 aromatic rings. The number of carbonyl (C=O) groups excluding carboxylic acids is 1. The van der Waals surface area contributed by atoms with Gasteiger partial charge >= 0.3 is 0 Å². The number of aromatic amines is 1. The molecule has 0 unspecified atom stereocenters. The Hall–Kier alpha value is -1.68. The molecule has 0 bridgehead atoms. The van der Waals surface area contributed by atoms with Crippen LogP contribution in [-0.2, 0) is 11.2 Å². The molecule has 124 valence electrons. The number of rotatable bonds is 9. The number of hydrogen-bond acceptors (Lipinski definition) is 2. The highest BCUT2D eigenvalue weighted by Crippen LogP contribution is 2.23. The molecule has 0 spiro atoms. The Morgan fingerprint density at radius 1 is 1.17 bits per heavy atom. The maximum absolute atomic E-state index is 13.0. The van der Waals surface area contributed by atoms with Crippen LogP contribution in [0.15, 0.2) is 24.3 Å². The average molecular weight is 337 g/mol. The average Bonchev–Trinajstić information content (AvgIpc) is 2.92. The number of H-pyrrole nitrogens is 1. The molecule has 0 radical (unpaired) electrons. The highest BCUT2D eigenvalue weighted by atomic mass is 35.5. The van der Waals surface area contributed by atoms with Crippen molar-refractivity contribution in [3.05, 3.63) is 40.9 Å². The normalized spacial score (nSPS) is 10.9. The fourth-order valence-electron chi connectivity index (χ4n) is 2.45. The SMILES string of the molecule is CCC(=O)CCCCCCc1[nH]c(-c2ccc(F)cc2)nc1Cl. The van der Waals surface area contributed by atoms with E-state index in [1.54, 1.807) is 12.1 Å². The van der Waals surface area contributed by atoms with Crippen molar-refractivity contribution in [3.8, 4) is 11.4 Å². The van der Waals surface area contributed by atoms with E-state index in [0.29, 0.717) is 29.6 Å². The van der Waals surface area contributed by atoms with E-state index >= 15 is 0 Å². The Kier molecular flexibility index (Phi) is 6.78. The van der Waals surface area contributed by atoms with Gasteiger partial charge in [0, 0.05) is 18.4 Å². The van der Waals surface area contributed by atoms with Crippen LogP contribution in [0.25, 0.3) is 11.4 Å². The van der Waals surface area contributed by atoms with Crippen LogP contribution >= 0.6 is 11.6 Å². The molecule has 1 N–H and O–H groups in total. The lowest BCUT2D eigenvalue weighted by molar-refractivity contribution is -0.118. The standard InChI is InChI=1S/C18H22ClFN2O/c1-2-15(23)7-5-3-4-6-8-16-17(19)22-18(21-16)13-9-11-14(20)12-10-13/h9-12H,2-8H2,1H3,(H,21,22). The summed E-state index contributed by atoms with van der Waals surface area (Å²) in [6.07, 6.45) is 6.25. The number of aromatic nitrogens is 2. The lowest BCUT2D eigenvalue weighted by Gasteiger charge is -2.01. The maximum Gasteiger partial charge on any atom is 0.150 e. The number of carbonyl (C=O) groups is 1. The van der Waals surface area contributed by atoms with E-state index < -0.39 is 0 Å². The van der Waals surface area contributed by atoms with E-state index in [1.807, 2.05) is 6.92 Å². The van der Waals surface area contributed by atoms with Gasteiger partial charge in [0.1, 0.15) is 17.4 Å². The van der Waals surface area contributed by atoms with Gasteiger partial charge in [-0.2, -0.15) is 0 Å². The molecular weight excluding hydrogens is 315 g/mol. The van der Waals surface area contributed by atoms with Crippen molar-refractivity contribution >= 4 is 17.4 Å². The predicted molar refractivity (Wildman–Crippen MR) is 91.1 cm³/mol. The van der Waals surface area contributed by atoms with Gasteiger partial charge in [-0.1, -0.05) is 31.4 Å². The molecule has 1 aromatic carbocycles. The lowest BCUT2D eigenvalue weighted by atomic mass is 10.1. The number of imidazole rings is 1. The van der Waals surface area contributed by atoms with Gasteiger partial charge in [-0.3, -0.25) is 4.79 Å². The Labute approximate surface area is 141 Å². The number of nitrogens with one attached hydrogen (secondary N) is 1. The zero-order chi connectivity index (χ0) is 16.7. The molecule has 5 heteroatoms. The summed E-state index contributed by atoms with van der Waals surface area (Å²) >= 11 is 6.17. The zero-order valence-electron chi connectivity index (χ0n) is 13.4. The topological polar surface area (TPSA) is 45.8 Å². The van der Waals surface area contributed by atoms with Crippen molar-refractivity contribution in [3.63, 3.8) is 0 Å². The molecule has 0 atom stereocenters. The minimum absolute atomic E-state index is 0.270. The Balaban J connectivity index is 1.80. The molecule has 2 rings (SSSR count). The van der Waals surface area contributed by atoms with E-state index in [2.05, 4.69) is 9.97 Å². The van der Waals surface area contributed by atoms with Crippen molar-refractivity contribution in [1.82, 2.24) is 9.97 Å². The second-order valence-corrected chi connectivity index (χ2v) is 6.03. The van der Waals surface area contributed by atoms with E-state index in [-0.39, 0.29) is 5.82 Å². The fraction of sp³-hybridized carbons (Fsp3) is 0.444. The zero-order valence-corrected chi connectivity index (χ0v) is 14.1. The van der Waals surface area contributed by atoms with Crippen LogP contribution in [0, 0.1) is 5.82 Å². The molecule has 0 aliphatic carbocycles. The summed E-state index contributed by atoms with van der Waals surface area (Å²) in [5, 5.41) is 0.477. The molecule has 3 nitrogen and oxygen atoms in total. The van der Waals surface area contributed by atoms with Crippen LogP contribution in [0.3, 0.4) is 0 Å². The van der Waals surface area contributed by atoms with Gasteiger partial charge in [0.15, 0.2) is 5.15 Å². The number of aryl methyl sites for hydroxylation is 1. The number of halogens is 2. The molecule has 1 aromatic heterocycles. The van der Waals surface area contributed by atoms with Crippen molar-refractivity contribution < 1.29 is 9.18 Å². The first-order chi connectivity index (χ1) is 11.1. The first-order valence-corrected chi connectivity index (χ1v) is 8.50. The Bertz CT molecular complexity index is 637. The smallest absolute Gasteiger partial charge is 0.150 e. The van der Waals surface area contributed by atoms with Crippen LogP contribution in [0.1, 0.15) is 51.1 Å². The van der Waals surface area contributed by atoms with Crippen molar-refractivity contribution in [2.45, 2.75) is 51.9 Å². The lowest BCUT2D eigenvalue weighted by Crippen LogP contribution is -1.94. The van der Waals surface area contributed by atoms with Crippen LogP contribution in [0.4, 0.5) is 4.39 Å². The third-order valence-corrected chi connectivity index (χ3v) is 4.19. The van der Waals surface area contributed by atoms with E-state index in [0.717, 1.165) is 43.4 Å². The minimum Gasteiger partial charge on any atom is -0.341 e. The number of Topliss-reactive ketones (excluding diaryl/α,β-unsaturated/α-hetero) is 1. The second kappa shape index (κ2) is 8.82. The van der Waals surface area contributed by atoms with Gasteiger partial charge in [-0.15, -0.1) is 0 Å². The molecular formula is C18H22ClFN2O. The molecule has 0 saturated carbocycles. The molecule has 0 fully saturated rings. The molecule has 0 aliphatic heterocycles. The first-order valence-electron chi connectivity index (χ1n) is 8.12.